The molecule has 0 aromatic heterocycles. The summed E-state index contributed by atoms with van der Waals surface area (Å²) in [6.07, 6.45) is -3.83. The van der Waals surface area contributed by atoms with Crippen LogP contribution >= 0.6 is 0 Å². The number of ketones is 1. The number of fused-ring (bicyclic) bond motifs is 2. The van der Waals surface area contributed by atoms with E-state index in [2.05, 4.69) is 9.47 Å². The van der Waals surface area contributed by atoms with E-state index in [9.17, 15) is 28.3 Å². The van der Waals surface area contributed by atoms with Crippen LogP contribution in [0, 0.1) is 0 Å². The Labute approximate surface area is 162 Å². The lowest BCUT2D eigenvalue weighted by atomic mass is 9.99. The Morgan fingerprint density at radius 1 is 1.00 bits per heavy atom. The second-order valence-corrected chi connectivity index (χ2v) is 6.50. The number of hydrogen-bond acceptors (Lipinski definition) is 6. The monoisotopic (exact) mass is 401 g/mol. The van der Waals surface area contributed by atoms with Crippen molar-refractivity contribution in [3.63, 3.8) is 0 Å². The van der Waals surface area contributed by atoms with Crippen LogP contribution in [0.5, 0.6) is 11.5 Å². The molecule has 2 amide bonds. The van der Waals surface area contributed by atoms with Gasteiger partial charge in [-0.25, -0.2) is 4.90 Å². The van der Waals surface area contributed by atoms with Gasteiger partial charge in [0.1, 0.15) is 5.76 Å². The Balaban J connectivity index is 1.89. The lowest BCUT2D eigenvalue weighted by Crippen LogP contribution is -2.31. The first-order valence-electron chi connectivity index (χ1n) is 8.43. The number of anilines is 1. The third-order valence-electron chi connectivity index (χ3n) is 4.56. The van der Waals surface area contributed by atoms with Crippen molar-refractivity contribution in [3.05, 3.63) is 53.1 Å². The van der Waals surface area contributed by atoms with Crippen LogP contribution in [-0.4, -0.2) is 29.0 Å². The second-order valence-electron chi connectivity index (χ2n) is 6.50. The number of carbonyl (C=O) groups is 3. The summed E-state index contributed by atoms with van der Waals surface area (Å²) >= 11 is 0. The van der Waals surface area contributed by atoms with Gasteiger partial charge in [-0.3, -0.25) is 14.4 Å². The van der Waals surface area contributed by atoms with E-state index in [1.165, 1.54) is 38.1 Å². The predicted octanol–water partition coefficient (Wildman–Crippen LogP) is 3.53. The van der Waals surface area contributed by atoms with E-state index in [0.29, 0.717) is 0 Å². The lowest BCUT2D eigenvalue weighted by Gasteiger charge is -2.12. The van der Waals surface area contributed by atoms with Gasteiger partial charge in [0.2, 0.25) is 5.91 Å². The number of carbonyl (C=O) groups excluding carboxylic acids is 3. The number of nitrogens with zero attached hydrogens (tertiary/aromatic N) is 1. The molecule has 4 rings (SSSR count). The number of amides is 2. The van der Waals surface area contributed by atoms with Gasteiger partial charge in [-0.2, -0.15) is 0 Å². The molecule has 1 N–H and O–H groups in total. The highest BCUT2D eigenvalue weighted by Crippen LogP contribution is 2.45. The van der Waals surface area contributed by atoms with Crippen LogP contribution in [0.15, 0.2) is 36.4 Å². The average molecular weight is 401 g/mol. The molecule has 0 bridgehead atoms. The van der Waals surface area contributed by atoms with Crippen molar-refractivity contribution < 1.29 is 37.7 Å². The standard InChI is InChI=1S/C20H13F2NO6/c1-9(24)11-3-5-14-13(7-11)17(19(27)23(14)10(2)25)18(26)12-4-6-15-16(8-12)29-20(21,22)28-15/h3-8,26H,1-2H3/b18-17-. The lowest BCUT2D eigenvalue weighted by molar-refractivity contribution is -0.286. The molecule has 7 nitrogen and oxygen atoms in total. The Hall–Kier alpha value is -3.75. The fourth-order valence-electron chi connectivity index (χ4n) is 3.27. The van der Waals surface area contributed by atoms with E-state index in [4.69, 9.17) is 0 Å². The quantitative estimate of drug-likeness (QED) is 0.470. The van der Waals surface area contributed by atoms with Crippen LogP contribution in [0.2, 0.25) is 0 Å². The molecule has 0 radical (unpaired) electrons. The van der Waals surface area contributed by atoms with Crippen LogP contribution in [0.25, 0.3) is 11.3 Å². The third kappa shape index (κ3) is 2.91. The highest BCUT2D eigenvalue weighted by atomic mass is 19.3. The number of aliphatic hydroxyl groups excluding tert-OH is 1. The maximum atomic E-state index is 13.2. The van der Waals surface area contributed by atoms with E-state index in [0.717, 1.165) is 17.0 Å². The topological polar surface area (TPSA) is 93.1 Å². The molecule has 2 aromatic carbocycles. The molecular formula is C20H13F2NO6. The number of hydrogen-bond donors (Lipinski definition) is 1. The van der Waals surface area contributed by atoms with E-state index < -0.39 is 23.9 Å². The van der Waals surface area contributed by atoms with Crippen LogP contribution in [0.4, 0.5) is 14.5 Å². The van der Waals surface area contributed by atoms with Crippen molar-refractivity contribution in [2.24, 2.45) is 0 Å². The molecule has 2 aliphatic rings. The summed E-state index contributed by atoms with van der Waals surface area (Å²) in [6.45, 7) is 2.52. The van der Waals surface area contributed by atoms with Gasteiger partial charge in [0, 0.05) is 23.6 Å². The summed E-state index contributed by atoms with van der Waals surface area (Å²) in [4.78, 5) is 37.4. The van der Waals surface area contributed by atoms with Crippen LogP contribution in [-0.2, 0) is 9.59 Å². The maximum Gasteiger partial charge on any atom is 0.586 e. The molecule has 0 saturated heterocycles. The second kappa shape index (κ2) is 6.13. The van der Waals surface area contributed by atoms with Crippen LogP contribution in [0.1, 0.15) is 35.3 Å². The maximum absolute atomic E-state index is 13.2. The zero-order valence-corrected chi connectivity index (χ0v) is 15.2. The summed E-state index contributed by atoms with van der Waals surface area (Å²) in [5.41, 5.74) is 0.430. The number of alkyl halides is 2. The first kappa shape index (κ1) is 18.6. The number of halogens is 2. The number of rotatable bonds is 2. The molecule has 2 aliphatic heterocycles. The van der Waals surface area contributed by atoms with Gasteiger partial charge in [-0.05, 0) is 43.3 Å². The summed E-state index contributed by atoms with van der Waals surface area (Å²) in [5, 5.41) is 10.8. The molecule has 148 valence electrons. The smallest absolute Gasteiger partial charge is 0.506 e. The normalized spacial score (nSPS) is 17.9. The van der Waals surface area contributed by atoms with Crippen molar-refractivity contribution in [1.29, 1.82) is 0 Å². The van der Waals surface area contributed by atoms with Gasteiger partial charge in [0.15, 0.2) is 17.3 Å². The number of Topliss-reactive ketones (excluding diaryl/α,β-unsaturated/α-hetero) is 1. The molecule has 0 saturated carbocycles. The Morgan fingerprint density at radius 2 is 1.66 bits per heavy atom. The first-order chi connectivity index (χ1) is 13.6. The van der Waals surface area contributed by atoms with E-state index >= 15 is 0 Å². The minimum absolute atomic E-state index is 0.00187. The Kier molecular flexibility index (Phi) is 3.93. The molecule has 2 heterocycles. The molecular weight excluding hydrogens is 388 g/mol. The zero-order chi connectivity index (χ0) is 21.1. The van der Waals surface area contributed by atoms with Crippen molar-refractivity contribution in [3.8, 4) is 11.5 Å². The molecule has 0 atom stereocenters. The van der Waals surface area contributed by atoms with Crippen molar-refractivity contribution in [1.82, 2.24) is 0 Å². The van der Waals surface area contributed by atoms with Gasteiger partial charge in [-0.15, -0.1) is 8.78 Å². The molecule has 9 heteroatoms. The van der Waals surface area contributed by atoms with E-state index in [-0.39, 0.29) is 45.2 Å². The van der Waals surface area contributed by atoms with Crippen molar-refractivity contribution >= 4 is 34.6 Å². The summed E-state index contributed by atoms with van der Waals surface area (Å²) < 4.78 is 35.2. The van der Waals surface area contributed by atoms with Crippen molar-refractivity contribution in [2.45, 2.75) is 20.1 Å². The average Bonchev–Trinajstić information content (AvgIpc) is 3.10. The van der Waals surface area contributed by atoms with Gasteiger partial charge < -0.3 is 14.6 Å². The fourth-order valence-corrected chi connectivity index (χ4v) is 3.27. The first-order valence-corrected chi connectivity index (χ1v) is 8.43. The van der Waals surface area contributed by atoms with Gasteiger partial charge in [-0.1, -0.05) is 0 Å². The van der Waals surface area contributed by atoms with E-state index in [1.54, 1.807) is 0 Å². The summed E-state index contributed by atoms with van der Waals surface area (Å²) in [6, 6.07) is 7.82. The van der Waals surface area contributed by atoms with Crippen molar-refractivity contribution in [2.75, 3.05) is 4.90 Å². The zero-order valence-electron chi connectivity index (χ0n) is 15.2. The number of ether oxygens (including phenoxy) is 2. The molecule has 2 aromatic rings. The minimum Gasteiger partial charge on any atom is -0.506 e. The highest BCUT2D eigenvalue weighted by Gasteiger charge is 2.44. The predicted molar refractivity (Wildman–Crippen MR) is 96.7 cm³/mol. The molecule has 0 aliphatic carbocycles. The summed E-state index contributed by atoms with van der Waals surface area (Å²) in [5.74, 6) is -2.74. The Bertz CT molecular complexity index is 1140. The highest BCUT2D eigenvalue weighted by molar-refractivity contribution is 6.43. The number of benzene rings is 2. The number of imide groups is 1. The largest absolute Gasteiger partial charge is 0.586 e. The number of aliphatic hydroxyl groups is 1. The molecule has 0 spiro atoms. The Morgan fingerprint density at radius 3 is 2.31 bits per heavy atom. The minimum atomic E-state index is -3.83. The van der Waals surface area contributed by atoms with Gasteiger partial charge in [0.25, 0.3) is 5.91 Å². The SMILES string of the molecule is CC(=O)c1ccc2c(c1)/C(=C(/O)c1ccc3c(c1)OC(F)(F)O3)C(=O)N2C(C)=O. The van der Waals surface area contributed by atoms with E-state index in [1.807, 2.05) is 0 Å². The third-order valence-corrected chi connectivity index (χ3v) is 4.56. The van der Waals surface area contributed by atoms with Crippen LogP contribution < -0.4 is 14.4 Å². The summed E-state index contributed by atoms with van der Waals surface area (Å²) in [7, 11) is 0. The van der Waals surface area contributed by atoms with Gasteiger partial charge in [0.05, 0.1) is 11.3 Å². The molecule has 29 heavy (non-hydrogen) atoms. The van der Waals surface area contributed by atoms with Crippen LogP contribution in [0.3, 0.4) is 0 Å². The molecule has 0 unspecified atom stereocenters. The fraction of sp³-hybridized carbons (Fsp3) is 0.150. The van der Waals surface area contributed by atoms with Gasteiger partial charge >= 0.3 is 6.29 Å². The molecule has 0 fully saturated rings.